The summed E-state index contributed by atoms with van der Waals surface area (Å²) in [6.07, 6.45) is 6.74. The van der Waals surface area contributed by atoms with Crippen molar-refractivity contribution < 1.29 is 19.1 Å². The topological polar surface area (TPSA) is 84.5 Å². The average Bonchev–Trinajstić information content (AvgIpc) is 2.74. The zero-order valence-electron chi connectivity index (χ0n) is 18.0. The molecular weight excluding hydrogens is 380 g/mol. The smallest absolute Gasteiger partial charge is 0.243 e. The Morgan fingerprint density at radius 3 is 2.30 bits per heavy atom. The molecule has 0 bridgehead atoms. The van der Waals surface area contributed by atoms with E-state index in [1.165, 1.54) is 0 Å². The van der Waals surface area contributed by atoms with E-state index in [9.17, 15) is 14.4 Å². The molecule has 0 fully saturated rings. The number of amides is 2. The van der Waals surface area contributed by atoms with Gasteiger partial charge in [-0.25, -0.2) is 0 Å². The van der Waals surface area contributed by atoms with Crippen LogP contribution in [0.15, 0.2) is 61.2 Å². The van der Waals surface area contributed by atoms with Gasteiger partial charge in [0.05, 0.1) is 13.2 Å². The molecule has 0 aliphatic heterocycles. The summed E-state index contributed by atoms with van der Waals surface area (Å²) in [6, 6.07) is 6.05. The van der Waals surface area contributed by atoms with Gasteiger partial charge in [-0.15, -0.1) is 0 Å². The lowest BCUT2D eigenvalue weighted by atomic mass is 10.0. The molecule has 1 rings (SSSR count). The Balaban J connectivity index is 2.67. The molecule has 6 nitrogen and oxygen atoms in total. The molecule has 2 amide bonds. The Morgan fingerprint density at radius 1 is 1.13 bits per heavy atom. The quantitative estimate of drug-likeness (QED) is 0.385. The molecule has 0 saturated heterocycles. The summed E-state index contributed by atoms with van der Waals surface area (Å²) in [4.78, 5) is 36.5. The SMILES string of the molecule is C=C/C=C(\C=C)CC(C=O)NC(=O)C(NC(=O)CCc1ccc(OC)cc1)C(C)C. The first kappa shape index (κ1) is 24.9. The third-order valence-electron chi connectivity index (χ3n) is 4.61. The Kier molecular flexibility index (Phi) is 10.9. The molecule has 0 aliphatic rings. The molecule has 0 radical (unpaired) electrons. The number of aldehydes is 1. The summed E-state index contributed by atoms with van der Waals surface area (Å²) < 4.78 is 5.12. The zero-order valence-corrected chi connectivity index (χ0v) is 18.0. The van der Waals surface area contributed by atoms with Gasteiger partial charge in [0.25, 0.3) is 0 Å². The molecule has 0 heterocycles. The number of carbonyl (C=O) groups excluding carboxylic acids is 3. The van der Waals surface area contributed by atoms with Crippen molar-refractivity contribution in [3.05, 3.63) is 66.8 Å². The summed E-state index contributed by atoms with van der Waals surface area (Å²) in [5.41, 5.74) is 1.79. The summed E-state index contributed by atoms with van der Waals surface area (Å²) in [7, 11) is 1.60. The van der Waals surface area contributed by atoms with E-state index < -0.39 is 12.1 Å². The second-order valence-corrected chi connectivity index (χ2v) is 7.27. The van der Waals surface area contributed by atoms with Crippen LogP contribution in [-0.2, 0) is 20.8 Å². The highest BCUT2D eigenvalue weighted by Crippen LogP contribution is 2.13. The summed E-state index contributed by atoms with van der Waals surface area (Å²) >= 11 is 0. The third kappa shape index (κ3) is 8.47. The first-order valence-corrected chi connectivity index (χ1v) is 9.96. The predicted molar refractivity (Wildman–Crippen MR) is 119 cm³/mol. The largest absolute Gasteiger partial charge is 0.497 e. The van der Waals surface area contributed by atoms with Gasteiger partial charge in [0.1, 0.15) is 18.1 Å². The molecule has 162 valence electrons. The molecule has 6 heteroatoms. The van der Waals surface area contributed by atoms with Gasteiger partial charge in [-0.1, -0.05) is 57.4 Å². The van der Waals surface area contributed by atoms with Crippen LogP contribution >= 0.6 is 0 Å². The maximum atomic E-state index is 12.7. The van der Waals surface area contributed by atoms with Gasteiger partial charge in [0, 0.05) is 6.42 Å². The van der Waals surface area contributed by atoms with Gasteiger partial charge in [0.15, 0.2) is 0 Å². The molecule has 2 unspecified atom stereocenters. The van der Waals surface area contributed by atoms with Crippen LogP contribution in [0.2, 0.25) is 0 Å². The van der Waals surface area contributed by atoms with Crippen LogP contribution in [0.3, 0.4) is 0 Å². The number of hydrogen-bond donors (Lipinski definition) is 2. The highest BCUT2D eigenvalue weighted by Gasteiger charge is 2.26. The van der Waals surface area contributed by atoms with E-state index >= 15 is 0 Å². The fourth-order valence-corrected chi connectivity index (χ4v) is 2.86. The van der Waals surface area contributed by atoms with E-state index in [2.05, 4.69) is 23.8 Å². The number of rotatable bonds is 13. The number of carbonyl (C=O) groups is 3. The predicted octanol–water partition coefficient (Wildman–Crippen LogP) is 3.14. The van der Waals surface area contributed by atoms with Crippen molar-refractivity contribution in [3.63, 3.8) is 0 Å². The fraction of sp³-hybridized carbons (Fsp3) is 0.375. The Morgan fingerprint density at radius 2 is 1.80 bits per heavy atom. The van der Waals surface area contributed by atoms with Crippen molar-refractivity contribution in [1.29, 1.82) is 0 Å². The number of hydrogen-bond acceptors (Lipinski definition) is 4. The zero-order chi connectivity index (χ0) is 22.5. The van der Waals surface area contributed by atoms with Crippen molar-refractivity contribution in [2.45, 2.75) is 45.2 Å². The number of ether oxygens (including phenoxy) is 1. The minimum Gasteiger partial charge on any atom is -0.497 e. The third-order valence-corrected chi connectivity index (χ3v) is 4.61. The van der Waals surface area contributed by atoms with Crippen LogP contribution in [0.5, 0.6) is 5.75 Å². The molecule has 1 aromatic carbocycles. The lowest BCUT2D eigenvalue weighted by Crippen LogP contribution is -2.52. The Hall–Kier alpha value is -3.15. The fourth-order valence-electron chi connectivity index (χ4n) is 2.86. The van der Waals surface area contributed by atoms with E-state index in [0.29, 0.717) is 19.1 Å². The summed E-state index contributed by atoms with van der Waals surface area (Å²) in [5, 5.41) is 5.49. The van der Waals surface area contributed by atoms with Crippen molar-refractivity contribution in [2.75, 3.05) is 7.11 Å². The molecular formula is C24H32N2O4. The monoisotopic (exact) mass is 412 g/mol. The number of aryl methyl sites for hydroxylation is 1. The number of nitrogens with one attached hydrogen (secondary N) is 2. The molecule has 2 N–H and O–H groups in total. The van der Waals surface area contributed by atoms with E-state index in [4.69, 9.17) is 4.74 Å². The first-order valence-electron chi connectivity index (χ1n) is 9.96. The lowest BCUT2D eigenvalue weighted by Gasteiger charge is -2.24. The highest BCUT2D eigenvalue weighted by molar-refractivity contribution is 5.89. The van der Waals surface area contributed by atoms with E-state index in [0.717, 1.165) is 16.9 Å². The van der Waals surface area contributed by atoms with Gasteiger partial charge in [-0.2, -0.15) is 0 Å². The summed E-state index contributed by atoms with van der Waals surface area (Å²) in [5.74, 6) is 0.0134. The van der Waals surface area contributed by atoms with E-state index in [-0.39, 0.29) is 24.2 Å². The van der Waals surface area contributed by atoms with E-state index in [1.54, 1.807) is 25.3 Å². The van der Waals surface area contributed by atoms with Crippen LogP contribution in [0.4, 0.5) is 0 Å². The van der Waals surface area contributed by atoms with Crippen LogP contribution in [0, 0.1) is 5.92 Å². The molecule has 0 spiro atoms. The second-order valence-electron chi connectivity index (χ2n) is 7.27. The van der Waals surface area contributed by atoms with Gasteiger partial charge < -0.3 is 20.2 Å². The van der Waals surface area contributed by atoms with Crippen molar-refractivity contribution in [2.24, 2.45) is 5.92 Å². The molecule has 0 aliphatic carbocycles. The molecule has 0 saturated carbocycles. The van der Waals surface area contributed by atoms with Crippen molar-refractivity contribution >= 4 is 18.1 Å². The molecule has 30 heavy (non-hydrogen) atoms. The lowest BCUT2D eigenvalue weighted by molar-refractivity contribution is -0.131. The first-order chi connectivity index (χ1) is 14.3. The normalized spacial score (nSPS) is 13.1. The highest BCUT2D eigenvalue weighted by atomic mass is 16.5. The molecule has 2 atom stereocenters. The Bertz CT molecular complexity index is 766. The second kappa shape index (κ2) is 13.1. The standard InChI is InChI=1S/C24H32N2O4/c1-6-8-18(7-2)15-20(16-27)25-24(29)23(17(3)4)26-22(28)14-11-19-9-12-21(30-5)13-10-19/h6-10,12-13,16-17,20,23H,1-2,11,14-15H2,3-5H3,(H,25,29)(H,26,28)/b18-8+. The van der Waals surface area contributed by atoms with Crippen LogP contribution in [0.1, 0.15) is 32.3 Å². The van der Waals surface area contributed by atoms with Gasteiger partial charge in [-0.3, -0.25) is 9.59 Å². The van der Waals surface area contributed by atoms with Crippen molar-refractivity contribution in [3.8, 4) is 5.75 Å². The number of benzene rings is 1. The molecule has 0 aromatic heterocycles. The number of allylic oxidation sites excluding steroid dienone is 3. The minimum absolute atomic E-state index is 0.134. The summed E-state index contributed by atoms with van der Waals surface area (Å²) in [6.45, 7) is 11.0. The van der Waals surface area contributed by atoms with Crippen molar-refractivity contribution in [1.82, 2.24) is 10.6 Å². The Labute approximate surface area is 179 Å². The van der Waals surface area contributed by atoms with Gasteiger partial charge in [0.2, 0.25) is 11.8 Å². The number of methoxy groups -OCH3 is 1. The van der Waals surface area contributed by atoms with Crippen LogP contribution in [0.25, 0.3) is 0 Å². The van der Waals surface area contributed by atoms with Gasteiger partial charge >= 0.3 is 0 Å². The van der Waals surface area contributed by atoms with Crippen LogP contribution < -0.4 is 15.4 Å². The van der Waals surface area contributed by atoms with Gasteiger partial charge in [-0.05, 0) is 42.0 Å². The minimum atomic E-state index is -0.730. The van der Waals surface area contributed by atoms with Crippen LogP contribution in [-0.4, -0.2) is 37.3 Å². The maximum absolute atomic E-state index is 12.7. The maximum Gasteiger partial charge on any atom is 0.243 e. The molecule has 1 aromatic rings. The average molecular weight is 413 g/mol. The van der Waals surface area contributed by atoms with E-state index in [1.807, 2.05) is 38.1 Å².